The van der Waals surface area contributed by atoms with Gasteiger partial charge >= 0.3 is 47.8 Å². The van der Waals surface area contributed by atoms with Crippen LogP contribution in [0.2, 0.25) is 0 Å². The third-order valence-corrected chi connectivity index (χ3v) is 11.7. The third kappa shape index (κ3) is 192. The van der Waals surface area contributed by atoms with Crippen LogP contribution in [-0.2, 0) is 162 Å². The van der Waals surface area contributed by atoms with E-state index in [-0.39, 0.29) is 280 Å². The molecule has 890 valence electrons. The quantitative estimate of drug-likeness (QED) is 0.0148. The van der Waals surface area contributed by atoms with Crippen LogP contribution in [0.3, 0.4) is 0 Å². The zero-order valence-electron chi connectivity index (χ0n) is 76.3. The average Bonchev–Trinajstić information content (AvgIpc) is 0.934. The minimum Gasteiger partial charge on any atom is -0.435 e. The molecule has 0 aliphatic heterocycles. The molecule has 0 bridgehead atoms. The van der Waals surface area contributed by atoms with E-state index in [0.717, 1.165) is 6.42 Å². The zero-order valence-corrected chi connectivity index (χ0v) is 76.3. The van der Waals surface area contributed by atoms with Gasteiger partial charge in [0.1, 0.15) is 26.5 Å². The number of ether oxygens (including phenoxy) is 26. The fourth-order valence-corrected chi connectivity index (χ4v) is 4.85. The van der Waals surface area contributed by atoms with Crippen molar-refractivity contribution in [3.63, 3.8) is 0 Å². The topological polar surface area (TPSA) is 397 Å². The number of hydrogen-bond acceptors (Lipinski definition) is 35. The van der Waals surface area contributed by atoms with Crippen molar-refractivity contribution in [1.82, 2.24) is 0 Å². The second-order valence-corrected chi connectivity index (χ2v) is 26.1. The molecule has 35 nitrogen and oxygen atoms in total. The van der Waals surface area contributed by atoms with Crippen LogP contribution in [-0.4, -0.2) is 256 Å². The van der Waals surface area contributed by atoms with E-state index in [1.54, 1.807) is 129 Å². The number of aliphatic hydroxyl groups excluding tert-OH is 1. The fraction of sp³-hybridized carbons (Fsp3) is 0.706. The molecule has 0 saturated heterocycles. The van der Waals surface area contributed by atoms with Gasteiger partial charge in [0.2, 0.25) is 0 Å². The van der Waals surface area contributed by atoms with E-state index in [4.69, 9.17) is 99.5 Å². The number of carbonyl (C=O) groups is 8. The van der Waals surface area contributed by atoms with Crippen LogP contribution in [0.15, 0.2) is 148 Å². The van der Waals surface area contributed by atoms with Crippen molar-refractivity contribution in [2.75, 3.05) is 149 Å². The number of hydrogen-bond donors (Lipinski definition) is 1. The smallest absolute Gasteiger partial charge is 0.335 e. The normalized spacial score (nSPS) is 9.36. The summed E-state index contributed by atoms with van der Waals surface area (Å²) in [7, 11) is 4.76. The van der Waals surface area contributed by atoms with Gasteiger partial charge in [-0.05, 0) is 145 Å². The number of methoxy groups -OCH3 is 3. The third-order valence-electron chi connectivity index (χ3n) is 11.7. The first-order chi connectivity index (χ1) is 56.0. The molecule has 1 N–H and O–H groups in total. The van der Waals surface area contributed by atoms with Gasteiger partial charge < -0.3 is 128 Å². The Morgan fingerprint density at radius 3 is 0.667 bits per heavy atom. The van der Waals surface area contributed by atoms with Crippen LogP contribution in [0, 0.1) is 0 Å². The largest absolute Gasteiger partial charge is 0.435 e. The summed E-state index contributed by atoms with van der Waals surface area (Å²) in [5, 5.41) is 9.95. The molecule has 0 aliphatic carbocycles. The first-order valence-electron chi connectivity index (χ1n) is 37.3. The molecule has 144 heavy (non-hydrogen) atoms. The molecular formula is C109H244O35. The molecule has 4 atom stereocenters. The van der Waals surface area contributed by atoms with Gasteiger partial charge in [-0.1, -0.05) is 262 Å². The highest BCUT2D eigenvalue weighted by Crippen LogP contribution is 2.15. The minimum absolute atomic E-state index is 0. The van der Waals surface area contributed by atoms with Gasteiger partial charge in [0.05, 0.1) is 82.4 Å². The summed E-state index contributed by atoms with van der Waals surface area (Å²) < 4.78 is 128. The van der Waals surface area contributed by atoms with Crippen LogP contribution in [0.5, 0.6) is 0 Å². The van der Waals surface area contributed by atoms with Crippen LogP contribution >= 0.6 is 0 Å². The van der Waals surface area contributed by atoms with Crippen molar-refractivity contribution in [2.45, 2.75) is 384 Å². The average molecular weight is 2120 g/mol. The molecule has 0 heterocycles. The molecule has 0 rings (SSSR count). The second-order valence-electron chi connectivity index (χ2n) is 26.1. The van der Waals surface area contributed by atoms with Crippen molar-refractivity contribution in [2.24, 2.45) is 0 Å². The molecule has 0 radical (unpaired) electrons. The fourth-order valence-electron chi connectivity index (χ4n) is 4.85. The maximum atomic E-state index is 11.3. The van der Waals surface area contributed by atoms with Crippen LogP contribution in [0.1, 0.15) is 330 Å². The summed E-state index contributed by atoms with van der Waals surface area (Å²) in [6, 6.07) is 0. The SMILES string of the molecule is C.C.C.C.C.C.C.C.C.C.C.C.C.C.C.C.C.C.C.C.C.C.C.C.C=C(C)C(=O)OCOC(C)(C)CC.C=C(C)C(=O)OCOC(C)C.C=C(C)C(=O)OCOC(C)C.C=C(C)C(=O)OCOC(C)COCC(C)OCOC(=O)C(=C)C.C=C(C)C(=O)OCOC(O)C(COC(C)C)OCOC(=O)C(=C)C.C=CCOCOC.C=CCOCOC.C=CCOCOC.C=CCOCOC(C)(C)OCOC(=O)C(=C)C. The van der Waals surface area contributed by atoms with E-state index in [1.165, 1.54) is 13.8 Å². The van der Waals surface area contributed by atoms with Gasteiger partial charge in [0.15, 0.2) is 73.2 Å². The van der Waals surface area contributed by atoms with Gasteiger partial charge in [0.25, 0.3) is 0 Å². The summed E-state index contributed by atoms with van der Waals surface area (Å²) in [4.78, 5) is 88.2. The molecule has 0 aromatic rings. The van der Waals surface area contributed by atoms with Gasteiger partial charge in [-0.3, -0.25) is 0 Å². The highest BCUT2D eigenvalue weighted by molar-refractivity contribution is 5.89. The first-order valence-corrected chi connectivity index (χ1v) is 37.3. The number of esters is 8. The molecule has 0 aliphatic rings. The van der Waals surface area contributed by atoms with Crippen molar-refractivity contribution < 1.29 is 167 Å². The summed E-state index contributed by atoms with van der Waals surface area (Å²) in [5.74, 6) is -4.88. The van der Waals surface area contributed by atoms with Crippen LogP contribution < -0.4 is 0 Å². The van der Waals surface area contributed by atoms with E-state index in [0.29, 0.717) is 93.5 Å². The Morgan fingerprint density at radius 2 is 0.458 bits per heavy atom. The first kappa shape index (κ1) is 234. The lowest BCUT2D eigenvalue weighted by Gasteiger charge is -2.24. The van der Waals surface area contributed by atoms with E-state index in [9.17, 15) is 43.5 Å². The van der Waals surface area contributed by atoms with E-state index >= 15 is 0 Å². The Bertz CT molecular complexity index is 2740. The number of carbonyl (C=O) groups excluding carboxylic acids is 8. The Hall–Kier alpha value is -8.12. The Balaban J connectivity index is -0.0000000313. The zero-order chi connectivity index (χ0) is 94.6. The van der Waals surface area contributed by atoms with Gasteiger partial charge in [-0.15, -0.1) is 26.3 Å². The maximum Gasteiger partial charge on any atom is 0.335 e. The van der Waals surface area contributed by atoms with Gasteiger partial charge in [-0.2, -0.15) is 0 Å². The van der Waals surface area contributed by atoms with Crippen molar-refractivity contribution in [3.8, 4) is 0 Å². The molecule has 0 spiro atoms. The number of rotatable bonds is 58. The van der Waals surface area contributed by atoms with Crippen molar-refractivity contribution in [1.29, 1.82) is 0 Å². The lowest BCUT2D eigenvalue weighted by Crippen LogP contribution is -2.38. The molecule has 0 fully saturated rings. The van der Waals surface area contributed by atoms with E-state index in [2.05, 4.69) is 103 Å². The Morgan fingerprint density at radius 1 is 0.264 bits per heavy atom. The van der Waals surface area contributed by atoms with E-state index < -0.39 is 79.5 Å². The molecule has 0 aromatic carbocycles. The molecule has 0 aromatic heterocycles. The lowest BCUT2D eigenvalue weighted by molar-refractivity contribution is -0.275. The lowest BCUT2D eigenvalue weighted by atomic mass is 10.1. The molecule has 0 amide bonds. The summed E-state index contributed by atoms with van der Waals surface area (Å²) >= 11 is 0. The summed E-state index contributed by atoms with van der Waals surface area (Å²) in [6.07, 6.45) is 4.67. The number of aliphatic hydroxyl groups is 1. The highest BCUT2D eigenvalue weighted by atomic mass is 16.8. The molecular weight excluding hydrogens is 1870 g/mol. The van der Waals surface area contributed by atoms with Gasteiger partial charge in [-0.25, -0.2) is 38.4 Å². The highest BCUT2D eigenvalue weighted by Gasteiger charge is 2.24. The van der Waals surface area contributed by atoms with Crippen LogP contribution in [0.4, 0.5) is 0 Å². The van der Waals surface area contributed by atoms with Gasteiger partial charge in [0, 0.05) is 65.9 Å². The monoisotopic (exact) mass is 2110 g/mol. The van der Waals surface area contributed by atoms with E-state index in [1.807, 2.05) is 48.5 Å². The van der Waals surface area contributed by atoms with Crippen molar-refractivity contribution in [3.05, 3.63) is 148 Å². The standard InChI is InChI=1S/C16H26O8.C16H26O7.C12H20O5.C10H18O3.2C8H14O3.3C5H10O2.24CH4/c1-10(2)14(17)22-8-21-13(7-20-12(5)6)16(19)24-9-23-15(18)11(3)4;1-11(2)15(17)22-9-20-13(5)7-19-8-14(6)21-10-23-16(18)12(3)4;1-6-7-14-8-16-12(4,5)17-9-15-11(13)10(2)3;1-6-10(4,5)13-7-12-9(11)8(2)3;2*1-6(2)8(9)11-5-10-7(3)4;3*1-3-4-7-5-6-2;;;;;;;;;;;;;;;;;;;;;;;;/h12-13,16,19H,1,3,7-9H2,2,4-6H3;13-14H,1,3,7-10H2,2,4-6H3;6H,1-2,7-9H2,3-5H3;2,6-7H2,1,3-5H3;2*7H,1,5H2,2-4H3;3*3H,1,4-5H2,2H3;24*1H4. The summed E-state index contributed by atoms with van der Waals surface area (Å²) in [5.41, 5.74) is 2.30. The predicted octanol–water partition coefficient (Wildman–Crippen LogP) is 28.1. The Labute approximate surface area is 891 Å². The minimum atomic E-state index is -1.45. The maximum absolute atomic E-state index is 11.3. The van der Waals surface area contributed by atoms with Crippen LogP contribution in [0.25, 0.3) is 0 Å². The summed E-state index contributed by atoms with van der Waals surface area (Å²) in [6.45, 7) is 80.2. The second kappa shape index (κ2) is 160. The van der Waals surface area contributed by atoms with Crippen molar-refractivity contribution >= 4 is 47.8 Å². The molecule has 35 heteroatoms. The molecule has 4 unspecified atom stereocenters. The predicted molar refractivity (Wildman–Crippen MR) is 612 cm³/mol. The Kier molecular flexibility index (Phi) is 260. The molecule has 0 saturated carbocycles.